The molecule has 0 spiro atoms. The number of amides is 1. The van der Waals surface area contributed by atoms with Crippen molar-refractivity contribution >= 4 is 5.91 Å². The van der Waals surface area contributed by atoms with E-state index in [4.69, 9.17) is 14.7 Å². The van der Waals surface area contributed by atoms with Crippen molar-refractivity contribution in [2.75, 3.05) is 7.11 Å². The Morgan fingerprint density at radius 1 is 1.28 bits per heavy atom. The van der Waals surface area contributed by atoms with E-state index in [0.717, 1.165) is 11.3 Å². The number of hydrogen-bond acceptors (Lipinski definition) is 3. The first-order chi connectivity index (χ1) is 8.74. The number of carbonyl (C=O) groups excluding carboxylic acids is 1. The van der Waals surface area contributed by atoms with Gasteiger partial charge in [-0.1, -0.05) is 0 Å². The van der Waals surface area contributed by atoms with Gasteiger partial charge in [0.05, 0.1) is 7.11 Å². The molecule has 0 saturated heterocycles. The highest BCUT2D eigenvalue weighted by Crippen LogP contribution is 2.24. The molecule has 0 unspecified atom stereocenters. The van der Waals surface area contributed by atoms with Gasteiger partial charge in [-0.2, -0.15) is 0 Å². The Balaban J connectivity index is 2.28. The number of nitrogens with zero attached hydrogens (tertiary/aromatic N) is 3. The van der Waals surface area contributed by atoms with Crippen LogP contribution in [0.5, 0.6) is 5.75 Å². The van der Waals surface area contributed by atoms with Gasteiger partial charge in [0.25, 0.3) is 5.91 Å². The Morgan fingerprint density at radius 3 is 2.61 bits per heavy atom. The van der Waals surface area contributed by atoms with Crippen LogP contribution in [0, 0.1) is 0 Å². The second kappa shape index (κ2) is 5.07. The highest BCUT2D eigenvalue weighted by atomic mass is 16.5. The first-order valence-corrected chi connectivity index (χ1v) is 5.08. The lowest BCUT2D eigenvalue weighted by atomic mass is 10.2. The highest BCUT2D eigenvalue weighted by Gasteiger charge is 2.10. The van der Waals surface area contributed by atoms with E-state index < -0.39 is 5.91 Å². The van der Waals surface area contributed by atoms with Gasteiger partial charge in [0.2, 0.25) is 0 Å². The van der Waals surface area contributed by atoms with Crippen LogP contribution in [0.1, 0.15) is 10.6 Å². The number of hydrogen-bond donors (Lipinski definition) is 0. The highest BCUT2D eigenvalue weighted by molar-refractivity contribution is 5.92. The first kappa shape index (κ1) is 11.8. The predicted molar refractivity (Wildman–Crippen MR) is 64.2 cm³/mol. The van der Waals surface area contributed by atoms with Gasteiger partial charge < -0.3 is 9.15 Å². The molecule has 0 aliphatic rings. The van der Waals surface area contributed by atoms with E-state index >= 15 is 0 Å². The second-order valence-electron chi connectivity index (χ2n) is 3.39. The van der Waals surface area contributed by atoms with Crippen molar-refractivity contribution in [1.82, 2.24) is 0 Å². The lowest BCUT2D eigenvalue weighted by molar-refractivity contribution is 0.0975. The summed E-state index contributed by atoms with van der Waals surface area (Å²) in [4.78, 5) is 13.7. The molecule has 6 nitrogen and oxygen atoms in total. The monoisotopic (exact) mass is 243 g/mol. The predicted octanol–water partition coefficient (Wildman–Crippen LogP) is 3.41. The Labute approximate surface area is 102 Å². The van der Waals surface area contributed by atoms with Crippen molar-refractivity contribution in [3.8, 4) is 17.1 Å². The van der Waals surface area contributed by atoms with Crippen molar-refractivity contribution in [3.05, 3.63) is 52.6 Å². The Morgan fingerprint density at radius 2 is 2.00 bits per heavy atom. The zero-order chi connectivity index (χ0) is 13.0. The number of carbonyl (C=O) groups is 1. The van der Waals surface area contributed by atoms with E-state index in [2.05, 4.69) is 10.0 Å². The number of methoxy groups -OCH3 is 1. The Kier molecular flexibility index (Phi) is 3.31. The van der Waals surface area contributed by atoms with Gasteiger partial charge in [-0.15, -0.1) is 0 Å². The molecule has 0 bridgehead atoms. The molecule has 0 saturated carbocycles. The summed E-state index contributed by atoms with van der Waals surface area (Å²) in [5.74, 6) is 0.528. The lowest BCUT2D eigenvalue weighted by Crippen LogP contribution is -1.88. The summed E-state index contributed by atoms with van der Waals surface area (Å²) in [7, 11) is 1.58. The maximum absolute atomic E-state index is 11.3. The van der Waals surface area contributed by atoms with Crippen molar-refractivity contribution in [3.63, 3.8) is 0 Å². The summed E-state index contributed by atoms with van der Waals surface area (Å²) in [6.45, 7) is 0. The summed E-state index contributed by atoms with van der Waals surface area (Å²) < 4.78 is 10.3. The van der Waals surface area contributed by atoms with E-state index in [1.807, 2.05) is 0 Å². The maximum Gasteiger partial charge on any atom is 0.284 e. The van der Waals surface area contributed by atoms with E-state index in [-0.39, 0.29) is 5.76 Å². The zero-order valence-electron chi connectivity index (χ0n) is 9.53. The summed E-state index contributed by atoms with van der Waals surface area (Å²) in [5.41, 5.74) is 8.96. The third-order valence-corrected chi connectivity index (χ3v) is 2.33. The minimum Gasteiger partial charge on any atom is -0.497 e. The van der Waals surface area contributed by atoms with Crippen LogP contribution in [-0.4, -0.2) is 13.0 Å². The van der Waals surface area contributed by atoms with Crippen LogP contribution >= 0.6 is 0 Å². The maximum atomic E-state index is 11.3. The Bertz CT molecular complexity index is 610. The molecule has 0 aliphatic heterocycles. The second-order valence-corrected chi connectivity index (χ2v) is 3.39. The molecule has 0 atom stereocenters. The fourth-order valence-corrected chi connectivity index (χ4v) is 1.45. The first-order valence-electron chi connectivity index (χ1n) is 5.08. The molecule has 1 amide bonds. The number of ether oxygens (including phenoxy) is 1. The molecule has 1 aromatic carbocycles. The fraction of sp³-hybridized carbons (Fsp3) is 0.0833. The van der Waals surface area contributed by atoms with E-state index in [1.165, 1.54) is 6.07 Å². The summed E-state index contributed by atoms with van der Waals surface area (Å²) in [6, 6.07) is 10.3. The molecule has 0 N–H and O–H groups in total. The van der Waals surface area contributed by atoms with Gasteiger partial charge in [-0.3, -0.25) is 4.79 Å². The minimum atomic E-state index is -0.739. The van der Waals surface area contributed by atoms with Crippen LogP contribution < -0.4 is 4.74 Å². The molecule has 2 rings (SSSR count). The summed E-state index contributed by atoms with van der Waals surface area (Å²) in [6.07, 6.45) is 0. The van der Waals surface area contributed by atoms with Crippen LogP contribution in [0.15, 0.2) is 45.9 Å². The number of furan rings is 1. The van der Waals surface area contributed by atoms with Gasteiger partial charge >= 0.3 is 0 Å². The third-order valence-electron chi connectivity index (χ3n) is 2.33. The van der Waals surface area contributed by atoms with Gasteiger partial charge in [0.1, 0.15) is 11.5 Å². The standard InChI is InChI=1S/C12H9N3O3/c1-17-9-4-2-8(3-5-9)10-6-7-11(18-10)12(16)14-15-13/h2-7H,1H3. The van der Waals surface area contributed by atoms with E-state index in [9.17, 15) is 4.79 Å². The molecule has 18 heavy (non-hydrogen) atoms. The van der Waals surface area contributed by atoms with E-state index in [0.29, 0.717) is 5.76 Å². The van der Waals surface area contributed by atoms with Gasteiger partial charge in [-0.05, 0) is 47.0 Å². The number of azide groups is 1. The molecule has 0 aliphatic carbocycles. The third kappa shape index (κ3) is 2.34. The molecular formula is C12H9N3O3. The molecule has 6 heteroatoms. The quantitative estimate of drug-likeness (QED) is 0.470. The van der Waals surface area contributed by atoms with Crippen LogP contribution in [-0.2, 0) is 0 Å². The number of benzene rings is 1. The van der Waals surface area contributed by atoms with Gasteiger partial charge in [0.15, 0.2) is 5.76 Å². The molecule has 2 aromatic rings. The topological polar surface area (TPSA) is 88.2 Å². The molecular weight excluding hydrogens is 234 g/mol. The minimum absolute atomic E-state index is 0.0126. The van der Waals surface area contributed by atoms with Gasteiger partial charge in [-0.25, -0.2) is 0 Å². The average Bonchev–Trinajstić information content (AvgIpc) is 2.89. The normalized spacial score (nSPS) is 9.61. The fourth-order valence-electron chi connectivity index (χ4n) is 1.45. The van der Waals surface area contributed by atoms with E-state index in [1.54, 1.807) is 37.4 Å². The van der Waals surface area contributed by atoms with Crippen molar-refractivity contribution in [2.24, 2.45) is 5.11 Å². The molecule has 1 aromatic heterocycles. The molecule has 0 fully saturated rings. The average molecular weight is 243 g/mol. The van der Waals surface area contributed by atoms with Gasteiger partial charge in [0, 0.05) is 10.5 Å². The van der Waals surface area contributed by atoms with Crippen LogP contribution in [0.4, 0.5) is 0 Å². The van der Waals surface area contributed by atoms with Crippen molar-refractivity contribution < 1.29 is 13.9 Å². The molecule has 1 heterocycles. The zero-order valence-corrected chi connectivity index (χ0v) is 9.53. The van der Waals surface area contributed by atoms with Crippen molar-refractivity contribution in [1.29, 1.82) is 0 Å². The molecule has 90 valence electrons. The van der Waals surface area contributed by atoms with Crippen LogP contribution in [0.25, 0.3) is 21.8 Å². The van der Waals surface area contributed by atoms with Crippen LogP contribution in [0.3, 0.4) is 0 Å². The SMILES string of the molecule is COc1ccc(-c2ccc(C(=O)N=[N+]=[N-])o2)cc1. The molecule has 0 radical (unpaired) electrons. The number of rotatable bonds is 3. The summed E-state index contributed by atoms with van der Waals surface area (Å²) >= 11 is 0. The van der Waals surface area contributed by atoms with Crippen molar-refractivity contribution in [2.45, 2.75) is 0 Å². The largest absolute Gasteiger partial charge is 0.497 e. The summed E-state index contributed by atoms with van der Waals surface area (Å²) in [5, 5.41) is 2.96. The Hall–Kier alpha value is -2.72. The smallest absolute Gasteiger partial charge is 0.284 e. The lowest BCUT2D eigenvalue weighted by Gasteiger charge is -2.00. The van der Waals surface area contributed by atoms with Crippen LogP contribution in [0.2, 0.25) is 0 Å².